The Morgan fingerprint density at radius 3 is 0.966 bits per heavy atom. The van der Waals surface area contributed by atoms with E-state index in [1.165, 1.54) is 219 Å². The minimum atomic E-state index is -0.446. The van der Waals surface area contributed by atoms with Gasteiger partial charge in [0.1, 0.15) is 0 Å². The molecule has 1 aliphatic heterocycles. The molecule has 0 bridgehead atoms. The molecule has 0 saturated carbocycles. The number of nitro benzene ring substituents is 2. The van der Waals surface area contributed by atoms with E-state index in [-0.39, 0.29) is 56.3 Å². The predicted molar refractivity (Wildman–Crippen MR) is 626 cm³/mol. The van der Waals surface area contributed by atoms with Crippen LogP contribution >= 0.6 is 39.8 Å². The first-order valence-electron chi connectivity index (χ1n) is 50.6. The SMILES string of the molecule is CC1(C)c2c(ccc3c2Cc2ccccc2-3)-c2c1c1ccccc1c1ccccc21.CC1(C)c2cc(-c3ccccc3[N+](=O)[O-])ccc2-c2c1c1ccccc1c1ccccc21.CC1(C)c2cc(B3OC(C)(C)C(C)(C)O3)ccc2-c2c1c1ccccc1c1ccccc21.CC1(C)c2cc(Br)ccc2-c2c1c1ccccc1c1ccccc21.O=[N+]([O-])c1ccccc1Br.c1ccc(P(c2ccccc2)c2ccccc2)cc1. The minimum absolute atomic E-state index is 0.00190. The monoisotopic (exact) mass is 2050 g/mol. The maximum atomic E-state index is 11.6. The van der Waals surface area contributed by atoms with Gasteiger partial charge in [0.05, 0.1) is 31.1 Å². The number of nitro groups is 2. The van der Waals surface area contributed by atoms with Crippen molar-refractivity contribution in [1.29, 1.82) is 0 Å². The highest BCUT2D eigenvalue weighted by molar-refractivity contribution is 9.10. The van der Waals surface area contributed by atoms with E-state index in [9.17, 15) is 20.2 Å². The number of nitrogens with zero attached hydrogens (tertiary/aromatic N) is 2. The van der Waals surface area contributed by atoms with Crippen molar-refractivity contribution in [1.82, 2.24) is 0 Å². The lowest BCUT2D eigenvalue weighted by Gasteiger charge is -2.32. The normalized spacial score (nSPS) is 14.9. The number of hydrogen-bond donors (Lipinski definition) is 0. The van der Waals surface area contributed by atoms with Gasteiger partial charge in [-0.15, -0.1) is 0 Å². The van der Waals surface area contributed by atoms with Crippen molar-refractivity contribution in [2.45, 2.75) is 122 Å². The maximum Gasteiger partial charge on any atom is 0.494 e. The third kappa shape index (κ3) is 16.0. The molecule has 716 valence electrons. The number of rotatable bonds is 7. The van der Waals surface area contributed by atoms with Gasteiger partial charge in [-0.3, -0.25) is 20.2 Å². The van der Waals surface area contributed by atoms with E-state index in [0.717, 1.165) is 21.9 Å². The Bertz CT molecular complexity index is 9040. The van der Waals surface area contributed by atoms with Crippen molar-refractivity contribution in [2.24, 2.45) is 0 Å². The fourth-order valence-electron chi connectivity index (χ4n) is 24.7. The highest BCUT2D eigenvalue weighted by Gasteiger charge is 2.53. The molecular formula is C135H108BBr2N2O6P. The molecule has 28 rings (SSSR count). The highest BCUT2D eigenvalue weighted by atomic mass is 79.9. The van der Waals surface area contributed by atoms with Crippen molar-refractivity contribution in [2.75, 3.05) is 0 Å². The number of halogens is 2. The van der Waals surface area contributed by atoms with E-state index in [1.807, 2.05) is 18.2 Å². The molecule has 0 unspecified atom stereocenters. The molecule has 1 heterocycles. The Balaban J connectivity index is 0.0000000997. The summed E-state index contributed by atoms with van der Waals surface area (Å²) in [5.41, 5.74) is 29.7. The van der Waals surface area contributed by atoms with Crippen molar-refractivity contribution < 1.29 is 19.2 Å². The molecule has 147 heavy (non-hydrogen) atoms. The molecule has 12 heteroatoms. The van der Waals surface area contributed by atoms with Crippen molar-refractivity contribution in [3.05, 3.63) is 509 Å². The van der Waals surface area contributed by atoms with E-state index in [1.54, 1.807) is 30.3 Å². The Hall–Kier alpha value is -14.9. The van der Waals surface area contributed by atoms with E-state index >= 15 is 0 Å². The average Bonchev–Trinajstić information content (AvgIpc) is 1.51. The van der Waals surface area contributed by atoms with Crippen LogP contribution in [-0.4, -0.2) is 28.2 Å². The number of para-hydroxylation sites is 2. The van der Waals surface area contributed by atoms with Crippen LogP contribution in [0.25, 0.3) is 153 Å². The van der Waals surface area contributed by atoms with Crippen molar-refractivity contribution >= 4 is 166 Å². The van der Waals surface area contributed by atoms with Crippen LogP contribution in [0.1, 0.15) is 139 Å². The van der Waals surface area contributed by atoms with Gasteiger partial charge in [0, 0.05) is 38.3 Å². The van der Waals surface area contributed by atoms with Gasteiger partial charge >= 0.3 is 7.12 Å². The van der Waals surface area contributed by atoms with Gasteiger partial charge < -0.3 is 9.31 Å². The lowest BCUT2D eigenvalue weighted by atomic mass is 9.74. The Morgan fingerprint density at radius 2 is 0.565 bits per heavy atom. The van der Waals surface area contributed by atoms with Gasteiger partial charge in [-0.25, -0.2) is 0 Å². The average molecular weight is 2060 g/mol. The molecule has 1 fully saturated rings. The standard InChI is InChI=1S/C30H22.C29H29BO2.C29H21NO2.C23H17Br.C18H15P.C6H4BrNO2/c1-30(2)28-25(16-15-22-19-10-4-3-9-18(19)17-26(22)28)27-23-13-7-5-11-20(23)21-12-6-8-14-24(21)29(27)30;1-27(2)24-17-18(30-31-28(3,4)29(5,6)32-30)15-16-23(24)25-21-13-9-7-11-19(21)20-12-8-10-14-22(20)26(25)27;1-29(2)25-17-18(19-9-7-8-14-26(19)30(31)32)15-16-24(25)27-22-12-5-3-10-20(22)21-11-4-6-13-23(21)28(27)29;1-23(2)20-13-14(24)11-12-19(20)21-17-9-5-3-7-15(17)16-8-4-6-10-18(16)22(21)23;1-4-10-16(11-5-1)19(17-12-6-2-7-13-17)18-14-8-3-9-15-18;7-5-3-1-2-4-6(5)8(9)10/h3-16H,17H2,1-2H3;7-17H,1-6H3;3-17H,1-2H3;3-13H,1-2H3;1-15H;1-4H. The molecule has 0 radical (unpaired) electrons. The summed E-state index contributed by atoms with van der Waals surface area (Å²) in [6, 6.07) is 150. The van der Waals surface area contributed by atoms with Crippen LogP contribution in [0.4, 0.5) is 11.4 Å². The summed E-state index contributed by atoms with van der Waals surface area (Å²) in [6.07, 6.45) is 1.04. The second-order valence-electron chi connectivity index (χ2n) is 42.4. The van der Waals surface area contributed by atoms with Crippen LogP contribution in [0.15, 0.2) is 434 Å². The topological polar surface area (TPSA) is 105 Å². The highest BCUT2D eigenvalue weighted by Crippen LogP contribution is 2.62. The fraction of sp³-hybridized carbons (Fsp3) is 0.141. The molecule has 0 amide bonds. The first-order valence-corrected chi connectivity index (χ1v) is 53.5. The summed E-state index contributed by atoms with van der Waals surface area (Å²) in [5.74, 6) is 0. The van der Waals surface area contributed by atoms with Crippen LogP contribution in [0.5, 0.6) is 0 Å². The molecular weight excluding hydrogens is 1950 g/mol. The van der Waals surface area contributed by atoms with Crippen LogP contribution < -0.4 is 21.4 Å². The smallest absolute Gasteiger partial charge is 0.399 e. The molecule has 5 aliphatic carbocycles. The Kier molecular flexibility index (Phi) is 24.2. The molecule has 0 aromatic heterocycles. The maximum absolute atomic E-state index is 11.6. The number of benzene rings is 22. The van der Waals surface area contributed by atoms with Gasteiger partial charge in [0.2, 0.25) is 0 Å². The van der Waals surface area contributed by atoms with Crippen molar-refractivity contribution in [3.63, 3.8) is 0 Å². The van der Waals surface area contributed by atoms with Crippen LogP contribution in [0.2, 0.25) is 0 Å². The van der Waals surface area contributed by atoms with E-state index in [2.05, 4.69) is 485 Å². The largest absolute Gasteiger partial charge is 0.494 e. The minimum Gasteiger partial charge on any atom is -0.399 e. The molecule has 22 aromatic carbocycles. The molecule has 8 nitrogen and oxygen atoms in total. The zero-order valence-electron chi connectivity index (χ0n) is 84.2. The Morgan fingerprint density at radius 1 is 0.265 bits per heavy atom. The zero-order chi connectivity index (χ0) is 101. The van der Waals surface area contributed by atoms with Crippen LogP contribution in [0, 0.1) is 20.2 Å². The summed E-state index contributed by atoms with van der Waals surface area (Å²) >= 11 is 6.72. The van der Waals surface area contributed by atoms with Gasteiger partial charge in [0.15, 0.2) is 0 Å². The summed E-state index contributed by atoms with van der Waals surface area (Å²) in [5, 5.41) is 47.4. The van der Waals surface area contributed by atoms with Gasteiger partial charge in [-0.1, -0.05) is 454 Å². The lowest BCUT2D eigenvalue weighted by molar-refractivity contribution is -0.385. The molecule has 0 atom stereocenters. The Labute approximate surface area is 876 Å². The van der Waals surface area contributed by atoms with Crippen molar-refractivity contribution in [3.8, 4) is 66.8 Å². The van der Waals surface area contributed by atoms with Crippen LogP contribution in [0.3, 0.4) is 0 Å². The third-order valence-corrected chi connectivity index (χ3v) is 35.6. The first-order chi connectivity index (χ1) is 71.0. The van der Waals surface area contributed by atoms with Crippen LogP contribution in [-0.2, 0) is 37.4 Å². The first kappa shape index (κ1) is 95.6. The molecule has 1 saturated heterocycles. The predicted octanol–water partition coefficient (Wildman–Crippen LogP) is 35.2. The molecule has 0 spiro atoms. The number of fused-ring (bicyclic) bond motifs is 36. The van der Waals surface area contributed by atoms with E-state index in [4.69, 9.17) is 9.31 Å². The zero-order valence-corrected chi connectivity index (χ0v) is 88.3. The summed E-state index contributed by atoms with van der Waals surface area (Å²) < 4.78 is 14.4. The summed E-state index contributed by atoms with van der Waals surface area (Å²) in [4.78, 5) is 21.1. The molecule has 6 aliphatic rings. The summed E-state index contributed by atoms with van der Waals surface area (Å²) in [6.45, 7) is 27.2. The second-order valence-corrected chi connectivity index (χ2v) is 46.4. The number of hydrogen-bond acceptors (Lipinski definition) is 6. The fourth-order valence-corrected chi connectivity index (χ4v) is 27.8. The van der Waals surface area contributed by atoms with E-state index in [0.29, 0.717) is 10.0 Å². The van der Waals surface area contributed by atoms with Gasteiger partial charge in [0.25, 0.3) is 11.4 Å². The second kappa shape index (κ2) is 37.2. The molecule has 0 N–H and O–H groups in total. The lowest BCUT2D eigenvalue weighted by Crippen LogP contribution is -2.41. The molecule has 22 aromatic rings. The van der Waals surface area contributed by atoms with Gasteiger partial charge in [-0.05, 0) is 313 Å². The third-order valence-electron chi connectivity index (χ3n) is 32.0. The quantitative estimate of drug-likeness (QED) is 0.0518. The summed E-state index contributed by atoms with van der Waals surface area (Å²) in [7, 11) is -0.795. The van der Waals surface area contributed by atoms with Gasteiger partial charge in [-0.2, -0.15) is 0 Å². The van der Waals surface area contributed by atoms with E-state index < -0.39 is 12.8 Å².